The summed E-state index contributed by atoms with van der Waals surface area (Å²) < 4.78 is 21.5. The highest BCUT2D eigenvalue weighted by molar-refractivity contribution is 6.62. The highest BCUT2D eigenvalue weighted by Crippen LogP contribution is 2.49. The van der Waals surface area contributed by atoms with Crippen LogP contribution in [0.1, 0.15) is 71.9 Å². The lowest BCUT2D eigenvalue weighted by atomic mass is 9.77. The number of aromatic nitrogens is 2. The van der Waals surface area contributed by atoms with E-state index in [1.165, 1.54) is 16.6 Å². The highest BCUT2D eigenvalue weighted by atomic mass is 16.7. The normalized spacial score (nSPS) is 23.9. The van der Waals surface area contributed by atoms with Gasteiger partial charge < -0.3 is 33.5 Å². The first-order valence-electron chi connectivity index (χ1n) is 15.4. The van der Waals surface area contributed by atoms with E-state index in [2.05, 4.69) is 94.1 Å². The zero-order chi connectivity index (χ0) is 30.2. The molecule has 3 aromatic rings. The van der Waals surface area contributed by atoms with Gasteiger partial charge in [-0.2, -0.15) is 0 Å². The third-order valence-electron chi connectivity index (χ3n) is 10.1. The Morgan fingerprint density at radius 2 is 1.74 bits per heavy atom. The lowest BCUT2D eigenvalue weighted by molar-refractivity contribution is 0.00578. The van der Waals surface area contributed by atoms with Crippen molar-refractivity contribution in [2.75, 3.05) is 51.8 Å². The molecule has 5 heterocycles. The standard InChI is InChI=1S/C33H47BN4O4/c1-21-30(40-9)28-25(17-23(19-35-28)37-14-12-36(8)13-15-37)29-26(18-31(2,3)20-39)24-16-22(10-11-27(24)38(21)29)34-41-32(4,5)33(6,7)42-34/h10-11,16-17,19,21,30,39H,12-15,18,20H2,1-9H3/t21?,30-/m0/s1. The molecule has 226 valence electrons. The molecule has 8 nitrogen and oxygen atoms in total. The van der Waals surface area contributed by atoms with E-state index in [1.54, 1.807) is 7.11 Å². The maximum absolute atomic E-state index is 10.4. The number of likely N-dealkylation sites (N-methyl/N-ethyl adjacent to an activating group) is 1. The van der Waals surface area contributed by atoms with Gasteiger partial charge in [0.25, 0.3) is 0 Å². The molecule has 0 spiro atoms. The molecule has 2 saturated heterocycles. The number of rotatable bonds is 6. The maximum atomic E-state index is 10.4. The predicted molar refractivity (Wildman–Crippen MR) is 170 cm³/mol. The van der Waals surface area contributed by atoms with Crippen LogP contribution in [-0.4, -0.2) is 84.8 Å². The molecule has 3 aliphatic heterocycles. The zero-order valence-corrected chi connectivity index (χ0v) is 26.8. The number of fused-ring (bicyclic) bond motifs is 5. The Bertz CT molecular complexity index is 1470. The molecular formula is C33H47BN4O4. The van der Waals surface area contributed by atoms with Gasteiger partial charge in [-0.05, 0) is 76.7 Å². The average molecular weight is 575 g/mol. The molecule has 9 heteroatoms. The number of benzene rings is 1. The van der Waals surface area contributed by atoms with E-state index in [0.717, 1.165) is 60.5 Å². The summed E-state index contributed by atoms with van der Waals surface area (Å²) >= 11 is 0. The first kappa shape index (κ1) is 29.6. The number of hydrogen-bond acceptors (Lipinski definition) is 7. The monoisotopic (exact) mass is 574 g/mol. The zero-order valence-electron chi connectivity index (χ0n) is 26.8. The largest absolute Gasteiger partial charge is 0.494 e. The molecule has 0 amide bonds. The summed E-state index contributed by atoms with van der Waals surface area (Å²) in [5.74, 6) is 0. The Morgan fingerprint density at radius 3 is 2.36 bits per heavy atom. The maximum Gasteiger partial charge on any atom is 0.494 e. The highest BCUT2D eigenvalue weighted by Gasteiger charge is 2.52. The summed E-state index contributed by atoms with van der Waals surface area (Å²) in [6.07, 6.45) is 2.57. The van der Waals surface area contributed by atoms with Crippen molar-refractivity contribution >= 4 is 29.2 Å². The summed E-state index contributed by atoms with van der Waals surface area (Å²) in [6.45, 7) is 19.0. The molecule has 0 bridgehead atoms. The predicted octanol–water partition coefficient (Wildman–Crippen LogP) is 4.58. The Hall–Kier alpha value is -2.43. The minimum atomic E-state index is -0.447. The molecule has 0 saturated carbocycles. The van der Waals surface area contributed by atoms with Crippen LogP contribution in [0.4, 0.5) is 5.69 Å². The number of anilines is 1. The molecule has 3 aliphatic rings. The number of aliphatic hydroxyl groups excluding tert-OH is 1. The van der Waals surface area contributed by atoms with Crippen LogP contribution >= 0.6 is 0 Å². The van der Waals surface area contributed by atoms with Crippen molar-refractivity contribution in [3.05, 3.63) is 41.7 Å². The van der Waals surface area contributed by atoms with Crippen molar-refractivity contribution in [1.29, 1.82) is 0 Å². The SMILES string of the molecule is CO[C@@H]1c2ncc(N3CCN(C)CC3)cc2-c2c(CC(C)(C)CO)c3cc(B4OC(C)(C)C(C)(C)O4)ccc3n2C1C. The molecule has 2 aromatic heterocycles. The van der Waals surface area contributed by atoms with Crippen LogP contribution in [-0.2, 0) is 20.5 Å². The van der Waals surface area contributed by atoms with Gasteiger partial charge in [0, 0.05) is 56.4 Å². The lowest BCUT2D eigenvalue weighted by Gasteiger charge is -2.36. The van der Waals surface area contributed by atoms with Gasteiger partial charge in [-0.25, -0.2) is 0 Å². The van der Waals surface area contributed by atoms with Gasteiger partial charge in [-0.3, -0.25) is 4.98 Å². The van der Waals surface area contributed by atoms with Crippen LogP contribution in [0.25, 0.3) is 22.2 Å². The van der Waals surface area contributed by atoms with E-state index in [1.807, 2.05) is 6.20 Å². The fraction of sp³-hybridized carbons (Fsp3) is 0.606. The van der Waals surface area contributed by atoms with Gasteiger partial charge in [0.1, 0.15) is 6.10 Å². The fourth-order valence-electron chi connectivity index (χ4n) is 6.74. The molecule has 1 unspecified atom stereocenters. The second-order valence-corrected chi connectivity index (χ2v) is 14.4. The van der Waals surface area contributed by atoms with Crippen molar-refractivity contribution < 1.29 is 19.2 Å². The first-order chi connectivity index (χ1) is 19.8. The first-order valence-corrected chi connectivity index (χ1v) is 15.4. The Kier molecular flexibility index (Phi) is 7.30. The number of pyridine rings is 1. The van der Waals surface area contributed by atoms with Crippen LogP contribution in [0.15, 0.2) is 30.5 Å². The molecule has 42 heavy (non-hydrogen) atoms. The van der Waals surface area contributed by atoms with Crippen molar-refractivity contribution in [2.45, 2.75) is 78.2 Å². The van der Waals surface area contributed by atoms with Crippen molar-refractivity contribution in [1.82, 2.24) is 14.5 Å². The van der Waals surface area contributed by atoms with Crippen LogP contribution in [0, 0.1) is 5.41 Å². The summed E-state index contributed by atoms with van der Waals surface area (Å²) in [5.41, 5.74) is 6.66. The second kappa shape index (κ2) is 10.3. The summed E-state index contributed by atoms with van der Waals surface area (Å²) in [4.78, 5) is 9.88. The molecule has 2 fully saturated rings. The quantitative estimate of drug-likeness (QED) is 0.433. The van der Waals surface area contributed by atoms with Gasteiger partial charge in [0.05, 0.1) is 40.5 Å². The average Bonchev–Trinajstić information content (AvgIpc) is 3.38. The van der Waals surface area contributed by atoms with Gasteiger partial charge >= 0.3 is 7.12 Å². The van der Waals surface area contributed by atoms with E-state index in [9.17, 15) is 5.11 Å². The van der Waals surface area contributed by atoms with Crippen molar-refractivity contribution in [3.63, 3.8) is 0 Å². The Labute approximate surface area is 251 Å². The van der Waals surface area contributed by atoms with Crippen molar-refractivity contribution in [2.24, 2.45) is 5.41 Å². The van der Waals surface area contributed by atoms with Gasteiger partial charge in [-0.1, -0.05) is 26.0 Å². The minimum absolute atomic E-state index is 0.0377. The van der Waals surface area contributed by atoms with E-state index < -0.39 is 18.3 Å². The number of ether oxygens (including phenoxy) is 1. The van der Waals surface area contributed by atoms with E-state index in [-0.39, 0.29) is 24.2 Å². The molecule has 6 rings (SSSR count). The van der Waals surface area contributed by atoms with Gasteiger partial charge in [0.15, 0.2) is 0 Å². The number of piperazine rings is 1. The van der Waals surface area contributed by atoms with Crippen molar-refractivity contribution in [3.8, 4) is 11.3 Å². The summed E-state index contributed by atoms with van der Waals surface area (Å²) in [6, 6.07) is 8.96. The van der Waals surface area contributed by atoms with Crippen LogP contribution in [0.3, 0.4) is 0 Å². The Balaban J connectivity index is 1.56. The molecule has 0 radical (unpaired) electrons. The van der Waals surface area contributed by atoms with Crippen LogP contribution in [0.5, 0.6) is 0 Å². The third-order valence-corrected chi connectivity index (χ3v) is 10.1. The van der Waals surface area contributed by atoms with E-state index >= 15 is 0 Å². The Morgan fingerprint density at radius 1 is 1.07 bits per heavy atom. The van der Waals surface area contributed by atoms with Crippen LogP contribution in [0.2, 0.25) is 0 Å². The molecule has 2 atom stereocenters. The molecule has 1 N–H and O–H groups in total. The summed E-state index contributed by atoms with van der Waals surface area (Å²) in [7, 11) is 3.51. The van der Waals surface area contributed by atoms with Gasteiger partial charge in [0.2, 0.25) is 0 Å². The number of aliphatic hydroxyl groups is 1. The van der Waals surface area contributed by atoms with Gasteiger partial charge in [-0.15, -0.1) is 0 Å². The molecule has 1 aromatic carbocycles. The topological polar surface area (TPSA) is 72.2 Å². The molecule has 0 aliphatic carbocycles. The lowest BCUT2D eigenvalue weighted by Crippen LogP contribution is -2.44. The minimum Gasteiger partial charge on any atom is -0.399 e. The van der Waals surface area contributed by atoms with E-state index in [0.29, 0.717) is 0 Å². The third kappa shape index (κ3) is 4.78. The second-order valence-electron chi connectivity index (χ2n) is 14.4. The van der Waals surface area contributed by atoms with E-state index in [4.69, 9.17) is 19.0 Å². The number of hydrogen-bond donors (Lipinski definition) is 1. The smallest absolute Gasteiger partial charge is 0.399 e. The fourth-order valence-corrected chi connectivity index (χ4v) is 6.74. The van der Waals surface area contributed by atoms with Crippen LogP contribution < -0.4 is 10.4 Å². The number of methoxy groups -OCH3 is 1. The molecular weight excluding hydrogens is 527 g/mol. The number of nitrogens with zero attached hydrogens (tertiary/aromatic N) is 4. The summed E-state index contributed by atoms with van der Waals surface area (Å²) in [5, 5.41) is 11.5.